The number of aliphatic hydroxyl groups is 1. The third kappa shape index (κ3) is 2.71. The lowest BCUT2D eigenvalue weighted by Crippen LogP contribution is -2.42. The predicted molar refractivity (Wildman–Crippen MR) is 58.4 cm³/mol. The molecule has 0 bridgehead atoms. The van der Waals surface area contributed by atoms with Gasteiger partial charge in [-0.3, -0.25) is 4.79 Å². The summed E-state index contributed by atoms with van der Waals surface area (Å²) in [5.41, 5.74) is 0. The highest BCUT2D eigenvalue weighted by Crippen LogP contribution is 2.28. The van der Waals surface area contributed by atoms with Crippen LogP contribution in [0.15, 0.2) is 0 Å². The van der Waals surface area contributed by atoms with Gasteiger partial charge in [0, 0.05) is 19.5 Å². The van der Waals surface area contributed by atoms with Crippen LogP contribution in [0.2, 0.25) is 0 Å². The van der Waals surface area contributed by atoms with Crippen molar-refractivity contribution < 1.29 is 9.90 Å². The van der Waals surface area contributed by atoms with Crippen molar-refractivity contribution in [2.75, 3.05) is 13.1 Å². The molecule has 1 N–H and O–H groups in total. The Morgan fingerprint density at radius 1 is 1.27 bits per heavy atom. The van der Waals surface area contributed by atoms with Crippen molar-refractivity contribution in [1.29, 1.82) is 0 Å². The second-order valence-corrected chi connectivity index (χ2v) is 4.91. The van der Waals surface area contributed by atoms with Crippen LogP contribution >= 0.6 is 0 Å². The molecule has 1 amide bonds. The molecule has 2 rings (SSSR count). The van der Waals surface area contributed by atoms with Gasteiger partial charge in [-0.05, 0) is 31.6 Å². The van der Waals surface area contributed by atoms with Gasteiger partial charge in [-0.15, -0.1) is 0 Å². The molecule has 15 heavy (non-hydrogen) atoms. The van der Waals surface area contributed by atoms with Gasteiger partial charge >= 0.3 is 0 Å². The largest absolute Gasteiger partial charge is 0.391 e. The minimum atomic E-state index is -0.283. The summed E-state index contributed by atoms with van der Waals surface area (Å²) in [6, 6.07) is 0. The average Bonchev–Trinajstić information content (AvgIpc) is 2.74. The summed E-state index contributed by atoms with van der Waals surface area (Å²) < 4.78 is 0. The average molecular weight is 211 g/mol. The Bertz CT molecular complexity index is 224. The first-order valence-corrected chi connectivity index (χ1v) is 6.23. The molecular weight excluding hydrogens is 190 g/mol. The molecular formula is C12H21NO2. The highest BCUT2D eigenvalue weighted by Gasteiger charge is 2.27. The van der Waals surface area contributed by atoms with Crippen LogP contribution in [-0.4, -0.2) is 35.1 Å². The molecule has 0 aromatic carbocycles. The van der Waals surface area contributed by atoms with E-state index in [2.05, 4.69) is 0 Å². The van der Waals surface area contributed by atoms with E-state index in [4.69, 9.17) is 0 Å². The molecule has 2 aliphatic rings. The fourth-order valence-electron chi connectivity index (χ4n) is 2.77. The molecule has 2 fully saturated rings. The number of carbonyl (C=O) groups excluding carboxylic acids is 1. The van der Waals surface area contributed by atoms with Gasteiger partial charge in [0.05, 0.1) is 6.10 Å². The molecule has 0 aromatic heterocycles. The Kier molecular flexibility index (Phi) is 3.62. The van der Waals surface area contributed by atoms with E-state index in [-0.39, 0.29) is 12.0 Å². The number of likely N-dealkylation sites (tertiary alicyclic amines) is 1. The first-order chi connectivity index (χ1) is 7.27. The second-order valence-electron chi connectivity index (χ2n) is 4.91. The maximum atomic E-state index is 11.6. The Hall–Kier alpha value is -0.570. The van der Waals surface area contributed by atoms with Crippen LogP contribution in [-0.2, 0) is 4.79 Å². The number of nitrogens with zero attached hydrogens (tertiary/aromatic N) is 1. The topological polar surface area (TPSA) is 40.5 Å². The van der Waals surface area contributed by atoms with Crippen LogP contribution in [0.5, 0.6) is 0 Å². The normalized spacial score (nSPS) is 25.9. The number of amides is 1. The van der Waals surface area contributed by atoms with Crippen molar-refractivity contribution in [1.82, 2.24) is 4.90 Å². The maximum absolute atomic E-state index is 11.6. The van der Waals surface area contributed by atoms with Crippen LogP contribution in [0.1, 0.15) is 44.9 Å². The number of aliphatic hydroxyl groups excluding tert-OH is 1. The number of carbonyl (C=O) groups is 1. The number of rotatable bonds is 3. The zero-order valence-electron chi connectivity index (χ0n) is 9.32. The first-order valence-electron chi connectivity index (χ1n) is 6.23. The molecule has 0 aromatic rings. The molecule has 86 valence electrons. The maximum Gasteiger partial charge on any atom is 0.222 e. The summed E-state index contributed by atoms with van der Waals surface area (Å²) >= 11 is 0. The Labute approximate surface area is 91.5 Å². The van der Waals surface area contributed by atoms with E-state index in [0.29, 0.717) is 18.9 Å². The number of hydrogen-bond donors (Lipinski definition) is 1. The minimum absolute atomic E-state index is 0.235. The van der Waals surface area contributed by atoms with Crippen LogP contribution in [0, 0.1) is 5.92 Å². The van der Waals surface area contributed by atoms with E-state index in [1.54, 1.807) is 0 Å². The SMILES string of the molecule is O=C1CCCCN1CC(O)C1CCCC1. The predicted octanol–water partition coefficient (Wildman–Crippen LogP) is 1.55. The zero-order chi connectivity index (χ0) is 10.7. The van der Waals surface area contributed by atoms with Crippen LogP contribution in [0.25, 0.3) is 0 Å². The van der Waals surface area contributed by atoms with Gasteiger partial charge in [0.1, 0.15) is 0 Å². The van der Waals surface area contributed by atoms with Crippen molar-refractivity contribution >= 4 is 5.91 Å². The Morgan fingerprint density at radius 3 is 2.67 bits per heavy atom. The van der Waals surface area contributed by atoms with Gasteiger partial charge in [0.2, 0.25) is 5.91 Å². The molecule has 1 heterocycles. The van der Waals surface area contributed by atoms with Crippen LogP contribution in [0.3, 0.4) is 0 Å². The molecule has 1 saturated heterocycles. The third-order valence-corrected chi connectivity index (χ3v) is 3.77. The Balaban J connectivity index is 1.81. The van der Waals surface area contributed by atoms with E-state index in [1.165, 1.54) is 12.8 Å². The van der Waals surface area contributed by atoms with E-state index < -0.39 is 0 Å². The van der Waals surface area contributed by atoms with Crippen LogP contribution < -0.4 is 0 Å². The van der Waals surface area contributed by atoms with Gasteiger partial charge in [-0.1, -0.05) is 12.8 Å². The molecule has 0 radical (unpaired) electrons. The number of β-amino-alcohol motifs (C(OH)–C–C–N with tert-alkyl or cyclic N) is 1. The number of piperidine rings is 1. The summed E-state index contributed by atoms with van der Waals surface area (Å²) in [5, 5.41) is 10.0. The Morgan fingerprint density at radius 2 is 2.00 bits per heavy atom. The van der Waals surface area contributed by atoms with Gasteiger partial charge in [0.15, 0.2) is 0 Å². The lowest BCUT2D eigenvalue weighted by atomic mass is 9.99. The molecule has 1 atom stereocenters. The number of hydrogen-bond acceptors (Lipinski definition) is 2. The van der Waals surface area contributed by atoms with Gasteiger partial charge in [-0.2, -0.15) is 0 Å². The van der Waals surface area contributed by atoms with Crippen molar-refractivity contribution in [2.45, 2.75) is 51.0 Å². The molecule has 0 spiro atoms. The van der Waals surface area contributed by atoms with Crippen molar-refractivity contribution in [2.24, 2.45) is 5.92 Å². The third-order valence-electron chi connectivity index (χ3n) is 3.77. The van der Waals surface area contributed by atoms with E-state index in [9.17, 15) is 9.90 Å². The summed E-state index contributed by atoms with van der Waals surface area (Å²) in [4.78, 5) is 13.4. The monoisotopic (exact) mass is 211 g/mol. The molecule has 1 aliphatic heterocycles. The fourth-order valence-corrected chi connectivity index (χ4v) is 2.77. The second kappa shape index (κ2) is 4.97. The van der Waals surface area contributed by atoms with Crippen molar-refractivity contribution in [3.8, 4) is 0 Å². The standard InChI is InChI=1S/C12H21NO2/c14-11(10-5-1-2-6-10)9-13-8-4-3-7-12(13)15/h10-11,14H,1-9H2. The molecule has 1 aliphatic carbocycles. The van der Waals surface area contributed by atoms with Gasteiger partial charge < -0.3 is 10.0 Å². The fraction of sp³-hybridized carbons (Fsp3) is 0.917. The first kappa shape index (κ1) is 10.9. The summed E-state index contributed by atoms with van der Waals surface area (Å²) in [5.74, 6) is 0.679. The zero-order valence-corrected chi connectivity index (χ0v) is 9.32. The quantitative estimate of drug-likeness (QED) is 0.769. The summed E-state index contributed by atoms with van der Waals surface area (Å²) in [6.45, 7) is 1.42. The highest BCUT2D eigenvalue weighted by molar-refractivity contribution is 5.76. The van der Waals surface area contributed by atoms with Gasteiger partial charge in [-0.25, -0.2) is 0 Å². The summed E-state index contributed by atoms with van der Waals surface area (Å²) in [6.07, 6.45) is 7.29. The smallest absolute Gasteiger partial charge is 0.222 e. The van der Waals surface area contributed by atoms with Crippen LogP contribution in [0.4, 0.5) is 0 Å². The summed E-state index contributed by atoms with van der Waals surface area (Å²) in [7, 11) is 0. The van der Waals surface area contributed by atoms with E-state index >= 15 is 0 Å². The van der Waals surface area contributed by atoms with Gasteiger partial charge in [0.25, 0.3) is 0 Å². The minimum Gasteiger partial charge on any atom is -0.391 e. The lowest BCUT2D eigenvalue weighted by Gasteiger charge is -2.30. The molecule has 3 nitrogen and oxygen atoms in total. The highest BCUT2D eigenvalue weighted by atomic mass is 16.3. The van der Waals surface area contributed by atoms with E-state index in [1.807, 2.05) is 4.90 Å². The molecule has 1 unspecified atom stereocenters. The molecule has 1 saturated carbocycles. The van der Waals surface area contributed by atoms with E-state index in [0.717, 1.165) is 32.2 Å². The van der Waals surface area contributed by atoms with Crippen molar-refractivity contribution in [3.63, 3.8) is 0 Å². The molecule has 3 heteroatoms. The lowest BCUT2D eigenvalue weighted by molar-refractivity contribution is -0.135. The van der Waals surface area contributed by atoms with Crippen molar-refractivity contribution in [3.05, 3.63) is 0 Å².